The predicted molar refractivity (Wildman–Crippen MR) is 82.5 cm³/mol. The maximum Gasteiger partial charge on any atom is 0.149 e. The Labute approximate surface area is 120 Å². The fourth-order valence-electron chi connectivity index (χ4n) is 3.72. The van der Waals surface area contributed by atoms with Crippen molar-refractivity contribution in [1.29, 1.82) is 0 Å². The van der Waals surface area contributed by atoms with E-state index in [0.29, 0.717) is 27.6 Å². The zero-order valence-corrected chi connectivity index (χ0v) is 13.0. The Kier molecular flexibility index (Phi) is 3.69. The third-order valence-electron chi connectivity index (χ3n) is 3.78. The predicted octanol–water partition coefficient (Wildman–Crippen LogP) is 4.33. The molecule has 1 aromatic rings. The van der Waals surface area contributed by atoms with Crippen LogP contribution in [0.5, 0.6) is 0 Å². The van der Waals surface area contributed by atoms with Crippen LogP contribution in [0.1, 0.15) is 47.0 Å². The number of hydrogen-bond acceptors (Lipinski definition) is 3. The van der Waals surface area contributed by atoms with E-state index >= 15 is 0 Å². The summed E-state index contributed by atoms with van der Waals surface area (Å²) in [4.78, 5) is 4.30. The Morgan fingerprint density at radius 2 is 1.84 bits per heavy atom. The molecule has 1 saturated carbocycles. The first-order valence-corrected chi connectivity index (χ1v) is 7.22. The Morgan fingerprint density at radius 3 is 2.37 bits per heavy atom. The molecule has 4 heteroatoms. The number of aromatic nitrogens is 1. The fourth-order valence-corrected chi connectivity index (χ4v) is 3.88. The van der Waals surface area contributed by atoms with Gasteiger partial charge in [-0.3, -0.25) is 0 Å². The van der Waals surface area contributed by atoms with Gasteiger partial charge in [-0.1, -0.05) is 39.3 Å². The fraction of sp³-hybridized carbons (Fsp3) is 0.667. The Hall–Kier alpha value is -0.960. The summed E-state index contributed by atoms with van der Waals surface area (Å²) in [6.07, 6.45) is 5.17. The normalized spacial score (nSPS) is 22.2. The molecular formula is C15H24ClN3. The Morgan fingerprint density at radius 1 is 1.26 bits per heavy atom. The van der Waals surface area contributed by atoms with Crippen LogP contribution in [0.25, 0.3) is 0 Å². The molecule has 2 rings (SSSR count). The first-order chi connectivity index (χ1) is 8.67. The van der Waals surface area contributed by atoms with E-state index in [1.54, 1.807) is 12.3 Å². The van der Waals surface area contributed by atoms with Crippen molar-refractivity contribution >= 4 is 23.1 Å². The lowest BCUT2D eigenvalue weighted by atomic mass is 9.63. The maximum absolute atomic E-state index is 5.96. The van der Waals surface area contributed by atoms with Crippen LogP contribution >= 0.6 is 11.6 Å². The number of nitrogens with two attached hydrogens (primary N) is 1. The summed E-state index contributed by atoms with van der Waals surface area (Å²) >= 11 is 5.88. The summed E-state index contributed by atoms with van der Waals surface area (Å²) in [6, 6.07) is 2.16. The lowest BCUT2D eigenvalue weighted by Crippen LogP contribution is -2.40. The van der Waals surface area contributed by atoms with Gasteiger partial charge < -0.3 is 11.1 Å². The molecule has 0 atom stereocenters. The summed E-state index contributed by atoms with van der Waals surface area (Å²) in [7, 11) is 0. The first-order valence-electron chi connectivity index (χ1n) is 6.84. The number of rotatable bonds is 2. The van der Waals surface area contributed by atoms with Gasteiger partial charge >= 0.3 is 0 Å². The van der Waals surface area contributed by atoms with Gasteiger partial charge in [-0.25, -0.2) is 4.98 Å². The molecule has 0 spiro atoms. The lowest BCUT2D eigenvalue weighted by Gasteiger charge is -2.45. The SMILES string of the molecule is CC1(C)CC(Nc2ncc(Cl)cc2N)CC(C)(C)C1. The van der Waals surface area contributed by atoms with E-state index in [1.165, 1.54) is 6.42 Å². The van der Waals surface area contributed by atoms with Crippen molar-refractivity contribution in [2.24, 2.45) is 10.8 Å². The average molecular weight is 282 g/mol. The van der Waals surface area contributed by atoms with E-state index in [1.807, 2.05) is 0 Å². The highest BCUT2D eigenvalue weighted by molar-refractivity contribution is 6.30. The molecule has 3 nitrogen and oxygen atoms in total. The summed E-state index contributed by atoms with van der Waals surface area (Å²) in [5.74, 6) is 0.753. The Bertz CT molecular complexity index is 452. The molecule has 1 aliphatic rings. The smallest absolute Gasteiger partial charge is 0.149 e. The number of pyridine rings is 1. The van der Waals surface area contributed by atoms with Crippen molar-refractivity contribution in [3.8, 4) is 0 Å². The molecule has 1 aromatic heterocycles. The third kappa shape index (κ3) is 3.75. The summed E-state index contributed by atoms with van der Waals surface area (Å²) < 4.78 is 0. The van der Waals surface area contributed by atoms with E-state index in [0.717, 1.165) is 18.7 Å². The van der Waals surface area contributed by atoms with Crippen LogP contribution in [-0.4, -0.2) is 11.0 Å². The molecule has 0 aromatic carbocycles. The van der Waals surface area contributed by atoms with Crippen molar-refractivity contribution in [1.82, 2.24) is 4.98 Å². The van der Waals surface area contributed by atoms with Crippen LogP contribution in [0.3, 0.4) is 0 Å². The number of nitrogens with zero attached hydrogens (tertiary/aromatic N) is 1. The van der Waals surface area contributed by atoms with Gasteiger partial charge in [0.2, 0.25) is 0 Å². The van der Waals surface area contributed by atoms with Gasteiger partial charge in [0, 0.05) is 12.2 Å². The highest BCUT2D eigenvalue weighted by atomic mass is 35.5. The Balaban J connectivity index is 2.14. The maximum atomic E-state index is 5.96. The van der Waals surface area contributed by atoms with Gasteiger partial charge in [0.15, 0.2) is 0 Å². The van der Waals surface area contributed by atoms with E-state index in [-0.39, 0.29) is 0 Å². The number of hydrogen-bond donors (Lipinski definition) is 2. The zero-order valence-electron chi connectivity index (χ0n) is 12.3. The third-order valence-corrected chi connectivity index (χ3v) is 3.99. The molecule has 0 saturated heterocycles. The number of nitrogens with one attached hydrogen (secondary N) is 1. The number of anilines is 2. The van der Waals surface area contributed by atoms with Gasteiger partial charge in [-0.05, 0) is 36.2 Å². The highest BCUT2D eigenvalue weighted by Crippen LogP contribution is 2.46. The quantitative estimate of drug-likeness (QED) is 0.848. The van der Waals surface area contributed by atoms with Crippen LogP contribution in [0.4, 0.5) is 11.5 Å². The van der Waals surface area contributed by atoms with Gasteiger partial charge in [0.25, 0.3) is 0 Å². The van der Waals surface area contributed by atoms with Crippen LogP contribution in [0.2, 0.25) is 5.02 Å². The molecule has 1 aliphatic carbocycles. The topological polar surface area (TPSA) is 50.9 Å². The molecule has 3 N–H and O–H groups in total. The van der Waals surface area contributed by atoms with E-state index in [2.05, 4.69) is 38.0 Å². The van der Waals surface area contributed by atoms with Crippen molar-refractivity contribution < 1.29 is 0 Å². The van der Waals surface area contributed by atoms with Crippen molar-refractivity contribution in [3.05, 3.63) is 17.3 Å². The molecule has 0 bridgehead atoms. The molecule has 1 fully saturated rings. The molecular weight excluding hydrogens is 258 g/mol. The largest absolute Gasteiger partial charge is 0.396 e. The second-order valence-corrected chi connectivity index (χ2v) is 7.78. The summed E-state index contributed by atoms with van der Waals surface area (Å²) in [6.45, 7) is 9.34. The van der Waals surface area contributed by atoms with E-state index in [9.17, 15) is 0 Å². The molecule has 106 valence electrons. The molecule has 0 amide bonds. The lowest BCUT2D eigenvalue weighted by molar-refractivity contribution is 0.105. The van der Waals surface area contributed by atoms with Crippen LogP contribution in [0.15, 0.2) is 12.3 Å². The monoisotopic (exact) mass is 281 g/mol. The molecule has 0 unspecified atom stereocenters. The minimum absolute atomic E-state index is 0.348. The minimum Gasteiger partial charge on any atom is -0.396 e. The van der Waals surface area contributed by atoms with Crippen LogP contribution in [0, 0.1) is 10.8 Å². The van der Waals surface area contributed by atoms with Gasteiger partial charge in [0.1, 0.15) is 5.82 Å². The second-order valence-electron chi connectivity index (χ2n) is 7.35. The van der Waals surface area contributed by atoms with Gasteiger partial charge in [-0.2, -0.15) is 0 Å². The van der Waals surface area contributed by atoms with Gasteiger partial charge in [-0.15, -0.1) is 0 Å². The van der Waals surface area contributed by atoms with Crippen molar-refractivity contribution in [3.63, 3.8) is 0 Å². The zero-order chi connectivity index (χ0) is 14.3. The van der Waals surface area contributed by atoms with Crippen LogP contribution < -0.4 is 11.1 Å². The van der Waals surface area contributed by atoms with E-state index < -0.39 is 0 Å². The summed E-state index contributed by atoms with van der Waals surface area (Å²) in [5.41, 5.74) is 7.28. The second kappa shape index (κ2) is 4.86. The first kappa shape index (κ1) is 14.4. The van der Waals surface area contributed by atoms with E-state index in [4.69, 9.17) is 17.3 Å². The highest BCUT2D eigenvalue weighted by Gasteiger charge is 2.38. The summed E-state index contributed by atoms with van der Waals surface area (Å²) in [5, 5.41) is 4.07. The molecule has 19 heavy (non-hydrogen) atoms. The van der Waals surface area contributed by atoms with Crippen molar-refractivity contribution in [2.45, 2.75) is 53.0 Å². The molecule has 1 heterocycles. The average Bonchev–Trinajstić information content (AvgIpc) is 2.17. The van der Waals surface area contributed by atoms with Crippen LogP contribution in [-0.2, 0) is 0 Å². The molecule has 0 aliphatic heterocycles. The standard InChI is InChI=1S/C15H24ClN3/c1-14(2)6-11(7-15(3,4)9-14)19-13-12(17)5-10(16)8-18-13/h5,8,11H,6-7,9,17H2,1-4H3,(H,18,19). The van der Waals surface area contributed by atoms with Crippen molar-refractivity contribution in [2.75, 3.05) is 11.1 Å². The van der Waals surface area contributed by atoms with Gasteiger partial charge in [0.05, 0.1) is 10.7 Å². The number of nitrogen functional groups attached to an aromatic ring is 1. The molecule has 0 radical (unpaired) electrons. The minimum atomic E-state index is 0.348. The number of halogens is 1.